The van der Waals surface area contributed by atoms with Gasteiger partial charge in [0.2, 0.25) is 5.91 Å². The van der Waals surface area contributed by atoms with Crippen molar-refractivity contribution >= 4 is 12.0 Å². The second-order valence-electron chi connectivity index (χ2n) is 5.93. The van der Waals surface area contributed by atoms with Crippen LogP contribution < -0.4 is 10.1 Å². The molecule has 1 fully saturated rings. The first-order valence-corrected chi connectivity index (χ1v) is 8.41. The van der Waals surface area contributed by atoms with E-state index in [2.05, 4.69) is 10.3 Å². The van der Waals surface area contributed by atoms with Crippen LogP contribution in [0.15, 0.2) is 48.7 Å². The van der Waals surface area contributed by atoms with Crippen molar-refractivity contribution in [2.24, 2.45) is 0 Å². The first-order chi connectivity index (χ1) is 12.7. The lowest BCUT2D eigenvalue weighted by Crippen LogP contribution is -2.45. The van der Waals surface area contributed by atoms with Gasteiger partial charge in [0.15, 0.2) is 0 Å². The van der Waals surface area contributed by atoms with Crippen LogP contribution in [-0.2, 0) is 22.5 Å². The van der Waals surface area contributed by atoms with Crippen molar-refractivity contribution in [2.75, 3.05) is 20.3 Å². The number of carbonyl (C=O) groups excluding carboxylic acids is 2. The van der Waals surface area contributed by atoms with Gasteiger partial charge in [0.05, 0.1) is 13.7 Å². The van der Waals surface area contributed by atoms with Gasteiger partial charge in [0.1, 0.15) is 18.4 Å². The topological polar surface area (TPSA) is 80.8 Å². The fourth-order valence-electron chi connectivity index (χ4n) is 2.75. The van der Waals surface area contributed by atoms with Gasteiger partial charge < -0.3 is 14.8 Å². The van der Waals surface area contributed by atoms with Gasteiger partial charge in [0, 0.05) is 24.9 Å². The molecule has 1 N–H and O–H groups in total. The molecule has 0 radical (unpaired) electrons. The molecule has 2 aromatic rings. The van der Waals surface area contributed by atoms with Gasteiger partial charge in [-0.25, -0.2) is 4.79 Å². The molecule has 1 aromatic carbocycles. The maximum Gasteiger partial charge on any atom is 0.410 e. The predicted octanol–water partition coefficient (Wildman–Crippen LogP) is 1.77. The van der Waals surface area contributed by atoms with E-state index in [4.69, 9.17) is 9.47 Å². The minimum absolute atomic E-state index is 0.0599. The number of aromatic nitrogens is 1. The SMILES string of the molecule is COc1ccc(CN2C(=O)OC[C@H]2C(=O)NCCc2ccccn2)cc1. The van der Waals surface area contributed by atoms with Gasteiger partial charge in [-0.1, -0.05) is 18.2 Å². The molecule has 2 amide bonds. The average molecular weight is 355 g/mol. The Bertz CT molecular complexity index is 749. The summed E-state index contributed by atoms with van der Waals surface area (Å²) in [5, 5.41) is 2.85. The molecule has 3 rings (SSSR count). The Labute approximate surface area is 151 Å². The Morgan fingerprint density at radius 3 is 2.81 bits per heavy atom. The molecule has 1 atom stereocenters. The molecule has 1 aromatic heterocycles. The Kier molecular flexibility index (Phi) is 5.68. The van der Waals surface area contributed by atoms with Crippen molar-refractivity contribution < 1.29 is 19.1 Å². The molecule has 1 aliphatic heterocycles. The van der Waals surface area contributed by atoms with Crippen LogP contribution in [0.25, 0.3) is 0 Å². The molecule has 7 nitrogen and oxygen atoms in total. The summed E-state index contributed by atoms with van der Waals surface area (Å²) >= 11 is 0. The summed E-state index contributed by atoms with van der Waals surface area (Å²) in [7, 11) is 1.60. The van der Waals surface area contributed by atoms with Crippen LogP contribution in [-0.4, -0.2) is 48.2 Å². The van der Waals surface area contributed by atoms with E-state index in [-0.39, 0.29) is 12.5 Å². The van der Waals surface area contributed by atoms with E-state index >= 15 is 0 Å². The fraction of sp³-hybridized carbons (Fsp3) is 0.316. The van der Waals surface area contributed by atoms with E-state index in [0.717, 1.165) is 17.0 Å². The van der Waals surface area contributed by atoms with Gasteiger partial charge in [-0.2, -0.15) is 0 Å². The number of hydrogen-bond acceptors (Lipinski definition) is 5. The number of rotatable bonds is 7. The number of ether oxygens (including phenoxy) is 2. The molecule has 1 saturated heterocycles. The van der Waals surface area contributed by atoms with Crippen molar-refractivity contribution in [1.82, 2.24) is 15.2 Å². The number of benzene rings is 1. The first kappa shape index (κ1) is 17.7. The summed E-state index contributed by atoms with van der Waals surface area (Å²) in [6.07, 6.45) is 1.87. The summed E-state index contributed by atoms with van der Waals surface area (Å²) in [4.78, 5) is 30.1. The fourth-order valence-corrected chi connectivity index (χ4v) is 2.75. The minimum atomic E-state index is -0.631. The lowest BCUT2D eigenvalue weighted by Gasteiger charge is -2.21. The predicted molar refractivity (Wildman–Crippen MR) is 94.6 cm³/mol. The zero-order chi connectivity index (χ0) is 18.4. The third-order valence-corrected chi connectivity index (χ3v) is 4.20. The van der Waals surface area contributed by atoms with E-state index in [9.17, 15) is 9.59 Å². The van der Waals surface area contributed by atoms with Gasteiger partial charge in [0.25, 0.3) is 0 Å². The van der Waals surface area contributed by atoms with E-state index in [1.807, 2.05) is 42.5 Å². The number of hydrogen-bond donors (Lipinski definition) is 1. The van der Waals surface area contributed by atoms with Crippen molar-refractivity contribution in [3.63, 3.8) is 0 Å². The van der Waals surface area contributed by atoms with Gasteiger partial charge >= 0.3 is 6.09 Å². The number of amides is 2. The highest BCUT2D eigenvalue weighted by Gasteiger charge is 2.37. The van der Waals surface area contributed by atoms with Crippen LogP contribution in [0.2, 0.25) is 0 Å². The molecule has 0 aliphatic carbocycles. The van der Waals surface area contributed by atoms with Crippen LogP contribution in [0.4, 0.5) is 4.79 Å². The van der Waals surface area contributed by atoms with Crippen LogP contribution >= 0.6 is 0 Å². The number of nitrogens with one attached hydrogen (secondary N) is 1. The molecular formula is C19H21N3O4. The molecule has 0 unspecified atom stereocenters. The minimum Gasteiger partial charge on any atom is -0.497 e. The van der Waals surface area contributed by atoms with E-state index < -0.39 is 12.1 Å². The molecule has 2 heterocycles. The highest BCUT2D eigenvalue weighted by atomic mass is 16.6. The molecule has 26 heavy (non-hydrogen) atoms. The summed E-state index contributed by atoms with van der Waals surface area (Å²) in [5.41, 5.74) is 1.80. The van der Waals surface area contributed by atoms with Crippen molar-refractivity contribution in [3.05, 3.63) is 59.9 Å². The molecular weight excluding hydrogens is 334 g/mol. The lowest BCUT2D eigenvalue weighted by atomic mass is 10.1. The lowest BCUT2D eigenvalue weighted by molar-refractivity contribution is -0.124. The second-order valence-corrected chi connectivity index (χ2v) is 5.93. The number of nitrogens with zero attached hydrogens (tertiary/aromatic N) is 2. The maximum atomic E-state index is 12.5. The van der Waals surface area contributed by atoms with Crippen LogP contribution in [0.5, 0.6) is 5.75 Å². The monoisotopic (exact) mass is 355 g/mol. The Balaban J connectivity index is 1.56. The van der Waals surface area contributed by atoms with E-state index in [1.54, 1.807) is 13.3 Å². The highest BCUT2D eigenvalue weighted by Crippen LogP contribution is 2.19. The van der Waals surface area contributed by atoms with Gasteiger partial charge in [-0.15, -0.1) is 0 Å². The summed E-state index contributed by atoms with van der Waals surface area (Å²) in [6.45, 7) is 0.822. The third-order valence-electron chi connectivity index (χ3n) is 4.20. The quantitative estimate of drug-likeness (QED) is 0.819. The molecule has 0 bridgehead atoms. The van der Waals surface area contributed by atoms with Crippen molar-refractivity contribution in [2.45, 2.75) is 19.0 Å². The third kappa shape index (κ3) is 4.30. The van der Waals surface area contributed by atoms with Crippen LogP contribution in [0.3, 0.4) is 0 Å². The number of cyclic esters (lactones) is 1. The largest absolute Gasteiger partial charge is 0.497 e. The van der Waals surface area contributed by atoms with E-state index in [0.29, 0.717) is 19.5 Å². The Hall–Kier alpha value is -3.09. The number of carbonyl (C=O) groups is 2. The number of pyridine rings is 1. The van der Waals surface area contributed by atoms with Crippen molar-refractivity contribution in [3.8, 4) is 5.75 Å². The first-order valence-electron chi connectivity index (χ1n) is 8.41. The molecule has 1 aliphatic rings. The van der Waals surface area contributed by atoms with Crippen molar-refractivity contribution in [1.29, 1.82) is 0 Å². The molecule has 0 spiro atoms. The summed E-state index contributed by atoms with van der Waals surface area (Å²) in [5.74, 6) is 0.516. The van der Waals surface area contributed by atoms with Gasteiger partial charge in [-0.05, 0) is 29.8 Å². The smallest absolute Gasteiger partial charge is 0.410 e. The normalized spacial score (nSPS) is 16.3. The zero-order valence-electron chi connectivity index (χ0n) is 14.6. The number of methoxy groups -OCH3 is 1. The van der Waals surface area contributed by atoms with E-state index in [1.165, 1.54) is 4.90 Å². The maximum absolute atomic E-state index is 12.5. The second kappa shape index (κ2) is 8.33. The summed E-state index contributed by atoms with van der Waals surface area (Å²) < 4.78 is 10.2. The Morgan fingerprint density at radius 2 is 2.12 bits per heavy atom. The van der Waals surface area contributed by atoms with Crippen LogP contribution in [0.1, 0.15) is 11.3 Å². The molecule has 0 saturated carbocycles. The standard InChI is InChI=1S/C19H21N3O4/c1-25-16-7-5-14(6-8-16)12-22-17(13-26-19(22)24)18(23)21-11-9-15-4-2-3-10-20-15/h2-8,10,17H,9,11-13H2,1H3,(H,21,23)/t17-/m0/s1. The highest BCUT2D eigenvalue weighted by molar-refractivity contribution is 5.87. The van der Waals surface area contributed by atoms with Gasteiger partial charge in [-0.3, -0.25) is 14.7 Å². The zero-order valence-corrected chi connectivity index (χ0v) is 14.6. The summed E-state index contributed by atoms with van der Waals surface area (Å²) in [6, 6.07) is 12.4. The molecule has 7 heteroatoms. The van der Waals surface area contributed by atoms with Crippen LogP contribution in [0, 0.1) is 0 Å². The molecule has 136 valence electrons. The average Bonchev–Trinajstić information content (AvgIpc) is 3.04. The Morgan fingerprint density at radius 1 is 1.31 bits per heavy atom.